The van der Waals surface area contributed by atoms with Crippen molar-refractivity contribution in [3.63, 3.8) is 0 Å². The van der Waals surface area contributed by atoms with Crippen LogP contribution in [0.25, 0.3) is 0 Å². The van der Waals surface area contributed by atoms with Gasteiger partial charge in [0.05, 0.1) is 6.04 Å². The SMILES string of the molecule is C[C@H](NC1=NN(C)C2OC2N(C)C1=O)[C@H](c1ccccc1)N(C)C. The van der Waals surface area contributed by atoms with Crippen LogP contribution in [0.3, 0.4) is 0 Å². The molecule has 130 valence electrons. The molecule has 2 aliphatic rings. The molecule has 3 rings (SSSR count). The van der Waals surface area contributed by atoms with Crippen LogP contribution < -0.4 is 5.32 Å². The van der Waals surface area contributed by atoms with Crippen LogP contribution >= 0.6 is 0 Å². The smallest absolute Gasteiger partial charge is 0.293 e. The van der Waals surface area contributed by atoms with E-state index in [1.807, 2.05) is 39.3 Å². The molecule has 0 aliphatic carbocycles. The Labute approximate surface area is 142 Å². The van der Waals surface area contributed by atoms with E-state index in [1.165, 1.54) is 5.56 Å². The number of hydrogen-bond acceptors (Lipinski definition) is 6. The first-order valence-corrected chi connectivity index (χ1v) is 8.12. The second-order valence-corrected chi connectivity index (χ2v) is 6.61. The summed E-state index contributed by atoms with van der Waals surface area (Å²) in [7, 11) is 7.64. The lowest BCUT2D eigenvalue weighted by Crippen LogP contribution is -2.48. The number of hydrogen-bond donors (Lipinski definition) is 1. The highest BCUT2D eigenvalue weighted by atomic mass is 16.6. The summed E-state index contributed by atoms with van der Waals surface area (Å²) in [6.45, 7) is 2.07. The number of epoxide rings is 1. The Morgan fingerprint density at radius 3 is 2.50 bits per heavy atom. The first-order valence-electron chi connectivity index (χ1n) is 8.12. The molecule has 2 heterocycles. The molecule has 2 aliphatic heterocycles. The van der Waals surface area contributed by atoms with Gasteiger partial charge in [0.2, 0.25) is 5.84 Å². The van der Waals surface area contributed by atoms with Gasteiger partial charge in [0.25, 0.3) is 5.91 Å². The van der Waals surface area contributed by atoms with Crippen LogP contribution in [-0.2, 0) is 9.53 Å². The zero-order valence-electron chi connectivity index (χ0n) is 14.8. The quantitative estimate of drug-likeness (QED) is 0.822. The Kier molecular flexibility index (Phi) is 4.47. The summed E-state index contributed by atoms with van der Waals surface area (Å²) in [5, 5.41) is 9.42. The lowest BCUT2D eigenvalue weighted by Gasteiger charge is -2.32. The highest BCUT2D eigenvalue weighted by Crippen LogP contribution is 2.30. The molecule has 0 spiro atoms. The van der Waals surface area contributed by atoms with Crippen LogP contribution in [0.4, 0.5) is 0 Å². The number of nitrogens with one attached hydrogen (secondary N) is 1. The zero-order chi connectivity index (χ0) is 17.4. The van der Waals surface area contributed by atoms with Crippen molar-refractivity contribution < 1.29 is 9.53 Å². The van der Waals surface area contributed by atoms with E-state index in [1.54, 1.807) is 17.0 Å². The van der Waals surface area contributed by atoms with Gasteiger partial charge in [-0.15, -0.1) is 0 Å². The molecule has 4 atom stereocenters. The Balaban J connectivity index is 1.80. The number of amides is 1. The molecule has 1 amide bonds. The van der Waals surface area contributed by atoms with Gasteiger partial charge >= 0.3 is 0 Å². The molecule has 1 fully saturated rings. The zero-order valence-corrected chi connectivity index (χ0v) is 14.8. The molecule has 1 aromatic carbocycles. The fraction of sp³-hybridized carbons (Fsp3) is 0.529. The molecule has 0 aromatic heterocycles. The second-order valence-electron chi connectivity index (χ2n) is 6.61. The molecule has 0 radical (unpaired) electrons. The summed E-state index contributed by atoms with van der Waals surface area (Å²) in [5.41, 5.74) is 1.19. The van der Waals surface area contributed by atoms with Crippen molar-refractivity contribution in [3.05, 3.63) is 35.9 Å². The molecule has 1 saturated heterocycles. The molecule has 0 saturated carbocycles. The van der Waals surface area contributed by atoms with E-state index in [2.05, 4.69) is 34.4 Å². The first kappa shape index (κ1) is 16.7. The van der Waals surface area contributed by atoms with Crippen molar-refractivity contribution in [2.24, 2.45) is 5.10 Å². The predicted molar refractivity (Wildman–Crippen MR) is 92.1 cm³/mol. The van der Waals surface area contributed by atoms with E-state index < -0.39 is 0 Å². The van der Waals surface area contributed by atoms with E-state index in [-0.39, 0.29) is 30.4 Å². The first-order chi connectivity index (χ1) is 11.4. The third-order valence-electron chi connectivity index (χ3n) is 4.51. The molecule has 7 heteroatoms. The number of benzene rings is 1. The minimum atomic E-state index is -0.209. The third kappa shape index (κ3) is 3.09. The maximum absolute atomic E-state index is 12.6. The van der Waals surface area contributed by atoms with E-state index in [4.69, 9.17) is 4.74 Å². The largest absolute Gasteiger partial charge is 0.360 e. The molecular weight excluding hydrogens is 306 g/mol. The van der Waals surface area contributed by atoms with Gasteiger partial charge in [-0.25, -0.2) is 0 Å². The van der Waals surface area contributed by atoms with Gasteiger partial charge in [-0.2, -0.15) is 5.10 Å². The molecule has 2 unspecified atom stereocenters. The lowest BCUT2D eigenvalue weighted by molar-refractivity contribution is -0.124. The second kappa shape index (κ2) is 6.41. The van der Waals surface area contributed by atoms with Gasteiger partial charge in [-0.05, 0) is 26.6 Å². The average Bonchev–Trinajstić information content (AvgIpc) is 3.34. The Morgan fingerprint density at radius 1 is 1.21 bits per heavy atom. The van der Waals surface area contributed by atoms with Crippen molar-refractivity contribution in [1.82, 2.24) is 20.1 Å². The van der Waals surface area contributed by atoms with Crippen molar-refractivity contribution >= 4 is 11.7 Å². The van der Waals surface area contributed by atoms with Crippen LogP contribution in [0.5, 0.6) is 0 Å². The highest BCUT2D eigenvalue weighted by Gasteiger charge is 2.50. The highest BCUT2D eigenvalue weighted by molar-refractivity contribution is 6.37. The summed E-state index contributed by atoms with van der Waals surface area (Å²) in [6.07, 6.45) is -0.355. The summed E-state index contributed by atoms with van der Waals surface area (Å²) in [6, 6.07) is 10.4. The van der Waals surface area contributed by atoms with Crippen LogP contribution in [0.1, 0.15) is 18.5 Å². The van der Waals surface area contributed by atoms with E-state index in [0.717, 1.165) is 0 Å². The standard InChI is InChI=1S/C17H25N5O2/c1-11(13(20(2)3)12-9-7-6-8-10-12)18-14-15(23)21(4)16-17(24-16)22(5)19-14/h6-11,13,16-17H,1-5H3,(H,18,19)/t11-,13+,16?,17?/m0/s1. The molecule has 24 heavy (non-hydrogen) atoms. The topological polar surface area (TPSA) is 63.7 Å². The molecule has 1 N–H and O–H groups in total. The minimum absolute atomic E-state index is 0.00208. The monoisotopic (exact) mass is 331 g/mol. The number of nitrogens with zero attached hydrogens (tertiary/aromatic N) is 4. The molecular formula is C17H25N5O2. The van der Waals surface area contributed by atoms with Crippen molar-refractivity contribution in [1.29, 1.82) is 0 Å². The van der Waals surface area contributed by atoms with E-state index in [0.29, 0.717) is 5.84 Å². The number of amidine groups is 1. The Hall–Kier alpha value is -2.12. The van der Waals surface area contributed by atoms with Gasteiger partial charge < -0.3 is 19.9 Å². The summed E-state index contributed by atoms with van der Waals surface area (Å²) >= 11 is 0. The minimum Gasteiger partial charge on any atom is -0.360 e. The summed E-state index contributed by atoms with van der Waals surface area (Å²) in [4.78, 5) is 16.3. The molecule has 7 nitrogen and oxygen atoms in total. The summed E-state index contributed by atoms with van der Waals surface area (Å²) < 4.78 is 5.45. The lowest BCUT2D eigenvalue weighted by atomic mass is 9.99. The maximum atomic E-state index is 12.6. The van der Waals surface area contributed by atoms with Gasteiger partial charge in [0.15, 0.2) is 12.5 Å². The number of rotatable bonds is 4. The van der Waals surface area contributed by atoms with Crippen LogP contribution in [0, 0.1) is 0 Å². The van der Waals surface area contributed by atoms with E-state index in [9.17, 15) is 4.79 Å². The Bertz CT molecular complexity index is 633. The normalized spacial score (nSPS) is 25.8. The number of hydrazone groups is 1. The van der Waals surface area contributed by atoms with Crippen LogP contribution in [0.2, 0.25) is 0 Å². The number of carbonyl (C=O) groups is 1. The van der Waals surface area contributed by atoms with Crippen molar-refractivity contribution in [2.45, 2.75) is 31.5 Å². The fourth-order valence-corrected chi connectivity index (χ4v) is 3.26. The third-order valence-corrected chi connectivity index (χ3v) is 4.51. The predicted octanol–water partition coefficient (Wildman–Crippen LogP) is 0.667. The van der Waals surface area contributed by atoms with Crippen molar-refractivity contribution in [3.8, 4) is 0 Å². The maximum Gasteiger partial charge on any atom is 0.293 e. The number of likely N-dealkylation sites (N-methyl/N-ethyl adjacent to an activating group) is 3. The van der Waals surface area contributed by atoms with Crippen LogP contribution in [0.15, 0.2) is 35.4 Å². The number of carbonyl (C=O) groups excluding carboxylic acids is 1. The van der Waals surface area contributed by atoms with E-state index >= 15 is 0 Å². The number of ether oxygens (including phenoxy) is 1. The van der Waals surface area contributed by atoms with Crippen molar-refractivity contribution in [2.75, 3.05) is 28.2 Å². The number of fused-ring (bicyclic) bond motifs is 1. The Morgan fingerprint density at radius 2 is 1.88 bits per heavy atom. The van der Waals surface area contributed by atoms with Gasteiger partial charge in [-0.3, -0.25) is 9.80 Å². The molecule has 1 aromatic rings. The average molecular weight is 331 g/mol. The fourth-order valence-electron chi connectivity index (χ4n) is 3.26. The summed E-state index contributed by atoms with van der Waals surface area (Å²) in [5.74, 6) is 0.204. The van der Waals surface area contributed by atoms with Gasteiger partial charge in [-0.1, -0.05) is 30.3 Å². The van der Waals surface area contributed by atoms with Gasteiger partial charge in [0, 0.05) is 20.1 Å². The van der Waals surface area contributed by atoms with Crippen LogP contribution in [-0.4, -0.2) is 73.2 Å². The van der Waals surface area contributed by atoms with Gasteiger partial charge in [0.1, 0.15) is 0 Å². The molecule has 0 bridgehead atoms.